The van der Waals surface area contributed by atoms with Crippen LogP contribution in [0.1, 0.15) is 19.2 Å². The average Bonchev–Trinajstić information content (AvgIpc) is 2.07. The Hall–Kier alpha value is -0.960. The van der Waals surface area contributed by atoms with Crippen molar-refractivity contribution in [1.29, 1.82) is 0 Å². The molecule has 3 heteroatoms. The van der Waals surface area contributed by atoms with Gasteiger partial charge in [-0.3, -0.25) is 0 Å². The van der Waals surface area contributed by atoms with Crippen molar-refractivity contribution in [3.8, 4) is 0 Å². The van der Waals surface area contributed by atoms with Crippen LogP contribution in [-0.4, -0.2) is 16.5 Å². The van der Waals surface area contributed by atoms with Crippen molar-refractivity contribution in [3.05, 3.63) is 24.3 Å². The molecule has 0 amide bonds. The Kier molecular flexibility index (Phi) is 3.55. The number of nitrogens with zero attached hydrogens (tertiary/aromatic N) is 2. The van der Waals surface area contributed by atoms with Crippen molar-refractivity contribution in [2.45, 2.75) is 19.9 Å². The van der Waals surface area contributed by atoms with Crippen molar-refractivity contribution in [2.75, 3.05) is 6.54 Å². The SMILES string of the molecule is CCCNCc1ncccn1. The van der Waals surface area contributed by atoms with Gasteiger partial charge < -0.3 is 5.32 Å². The maximum absolute atomic E-state index is 4.08. The molecule has 3 nitrogen and oxygen atoms in total. The molecule has 0 aliphatic rings. The van der Waals surface area contributed by atoms with E-state index >= 15 is 0 Å². The van der Waals surface area contributed by atoms with Crippen LogP contribution in [0.4, 0.5) is 0 Å². The van der Waals surface area contributed by atoms with E-state index in [0.717, 1.165) is 25.3 Å². The van der Waals surface area contributed by atoms with Crippen molar-refractivity contribution < 1.29 is 0 Å². The van der Waals surface area contributed by atoms with Gasteiger partial charge in [-0.1, -0.05) is 6.92 Å². The molecule has 0 saturated heterocycles. The highest BCUT2D eigenvalue weighted by Gasteiger charge is 1.90. The topological polar surface area (TPSA) is 37.8 Å². The smallest absolute Gasteiger partial charge is 0.141 e. The second-order valence-electron chi connectivity index (χ2n) is 2.34. The van der Waals surface area contributed by atoms with Gasteiger partial charge in [-0.15, -0.1) is 0 Å². The Balaban J connectivity index is 2.28. The summed E-state index contributed by atoms with van der Waals surface area (Å²) in [5.74, 6) is 0.862. The molecule has 11 heavy (non-hydrogen) atoms. The van der Waals surface area contributed by atoms with Crippen LogP contribution in [0, 0.1) is 0 Å². The second-order valence-corrected chi connectivity index (χ2v) is 2.34. The van der Waals surface area contributed by atoms with Gasteiger partial charge in [-0.2, -0.15) is 0 Å². The molecule has 0 bridgehead atoms. The van der Waals surface area contributed by atoms with E-state index in [1.165, 1.54) is 0 Å². The monoisotopic (exact) mass is 151 g/mol. The number of nitrogens with one attached hydrogen (secondary N) is 1. The number of hydrogen-bond donors (Lipinski definition) is 1. The predicted octanol–water partition coefficient (Wildman–Crippen LogP) is 0.976. The van der Waals surface area contributed by atoms with E-state index in [4.69, 9.17) is 0 Å². The molecule has 1 N–H and O–H groups in total. The van der Waals surface area contributed by atoms with Crippen molar-refractivity contribution in [3.63, 3.8) is 0 Å². The van der Waals surface area contributed by atoms with Gasteiger partial charge in [0.1, 0.15) is 5.82 Å². The Labute approximate surface area is 66.9 Å². The quantitative estimate of drug-likeness (QED) is 0.652. The van der Waals surface area contributed by atoms with Gasteiger partial charge in [-0.25, -0.2) is 9.97 Å². The number of rotatable bonds is 4. The largest absolute Gasteiger partial charge is 0.310 e. The minimum atomic E-state index is 0.772. The summed E-state index contributed by atoms with van der Waals surface area (Å²) < 4.78 is 0. The molecule has 1 aromatic rings. The first-order valence-corrected chi connectivity index (χ1v) is 3.90. The van der Waals surface area contributed by atoms with Crippen LogP contribution in [0.3, 0.4) is 0 Å². The fraction of sp³-hybridized carbons (Fsp3) is 0.500. The molecule has 1 aromatic heterocycles. The predicted molar refractivity (Wildman–Crippen MR) is 44.0 cm³/mol. The lowest BCUT2D eigenvalue weighted by Crippen LogP contribution is -2.15. The lowest BCUT2D eigenvalue weighted by molar-refractivity contribution is 0.650. The molecular weight excluding hydrogens is 138 g/mol. The highest BCUT2D eigenvalue weighted by molar-refractivity contribution is 4.87. The summed E-state index contributed by atoms with van der Waals surface area (Å²) in [6, 6.07) is 1.82. The summed E-state index contributed by atoms with van der Waals surface area (Å²) in [6.07, 6.45) is 4.67. The molecule has 0 atom stereocenters. The summed E-state index contributed by atoms with van der Waals surface area (Å²) in [5.41, 5.74) is 0. The van der Waals surface area contributed by atoms with E-state index in [0.29, 0.717) is 0 Å². The van der Waals surface area contributed by atoms with Gasteiger partial charge in [-0.05, 0) is 19.0 Å². The van der Waals surface area contributed by atoms with Gasteiger partial charge in [0.05, 0.1) is 6.54 Å². The van der Waals surface area contributed by atoms with Gasteiger partial charge >= 0.3 is 0 Å². The van der Waals surface area contributed by atoms with E-state index < -0.39 is 0 Å². The second kappa shape index (κ2) is 4.79. The van der Waals surface area contributed by atoms with Crippen LogP contribution in [0.25, 0.3) is 0 Å². The van der Waals surface area contributed by atoms with E-state index in [1.54, 1.807) is 12.4 Å². The van der Waals surface area contributed by atoms with Crippen molar-refractivity contribution in [2.24, 2.45) is 0 Å². The first-order valence-electron chi connectivity index (χ1n) is 3.90. The standard InChI is InChI=1S/C8H13N3/c1-2-4-9-7-8-10-5-3-6-11-8/h3,5-6,9H,2,4,7H2,1H3. The Morgan fingerprint density at radius 2 is 2.09 bits per heavy atom. The van der Waals surface area contributed by atoms with Gasteiger partial charge in [0.15, 0.2) is 0 Å². The summed E-state index contributed by atoms with van der Waals surface area (Å²) in [7, 11) is 0. The summed E-state index contributed by atoms with van der Waals surface area (Å²) in [4.78, 5) is 8.15. The number of hydrogen-bond acceptors (Lipinski definition) is 3. The van der Waals surface area contributed by atoms with Crippen molar-refractivity contribution >= 4 is 0 Å². The Morgan fingerprint density at radius 3 is 2.73 bits per heavy atom. The van der Waals surface area contributed by atoms with E-state index in [9.17, 15) is 0 Å². The first kappa shape index (κ1) is 8.14. The maximum atomic E-state index is 4.08. The molecule has 0 fully saturated rings. The molecule has 0 spiro atoms. The van der Waals surface area contributed by atoms with E-state index in [-0.39, 0.29) is 0 Å². The molecule has 1 heterocycles. The van der Waals surface area contributed by atoms with Gasteiger partial charge in [0, 0.05) is 12.4 Å². The molecule has 0 aliphatic heterocycles. The maximum Gasteiger partial charge on any atom is 0.141 e. The average molecular weight is 151 g/mol. The number of aromatic nitrogens is 2. The molecule has 0 unspecified atom stereocenters. The van der Waals surface area contributed by atoms with Crippen LogP contribution in [0.5, 0.6) is 0 Å². The van der Waals surface area contributed by atoms with Crippen LogP contribution in [-0.2, 0) is 6.54 Å². The molecule has 60 valence electrons. The molecular formula is C8H13N3. The summed E-state index contributed by atoms with van der Waals surface area (Å²) >= 11 is 0. The summed E-state index contributed by atoms with van der Waals surface area (Å²) in [6.45, 7) is 3.94. The third-order valence-corrected chi connectivity index (χ3v) is 1.33. The third kappa shape index (κ3) is 3.09. The van der Waals surface area contributed by atoms with Crippen LogP contribution >= 0.6 is 0 Å². The highest BCUT2D eigenvalue weighted by atomic mass is 14.9. The lowest BCUT2D eigenvalue weighted by atomic mass is 10.4. The van der Waals surface area contributed by atoms with E-state index in [2.05, 4.69) is 22.2 Å². The van der Waals surface area contributed by atoms with Gasteiger partial charge in [0.25, 0.3) is 0 Å². The molecule has 0 saturated carbocycles. The third-order valence-electron chi connectivity index (χ3n) is 1.33. The van der Waals surface area contributed by atoms with Crippen LogP contribution in [0.2, 0.25) is 0 Å². The molecule has 1 rings (SSSR count). The molecule has 0 radical (unpaired) electrons. The fourth-order valence-electron chi connectivity index (χ4n) is 0.798. The fourth-order valence-corrected chi connectivity index (χ4v) is 0.798. The molecule has 0 aromatic carbocycles. The van der Waals surface area contributed by atoms with Crippen molar-refractivity contribution in [1.82, 2.24) is 15.3 Å². The van der Waals surface area contributed by atoms with Crippen LogP contribution in [0.15, 0.2) is 18.5 Å². The normalized spacial score (nSPS) is 9.91. The minimum absolute atomic E-state index is 0.772. The van der Waals surface area contributed by atoms with Crippen LogP contribution < -0.4 is 5.32 Å². The minimum Gasteiger partial charge on any atom is -0.310 e. The highest BCUT2D eigenvalue weighted by Crippen LogP contribution is 1.85. The first-order chi connectivity index (χ1) is 5.43. The van der Waals surface area contributed by atoms with Gasteiger partial charge in [0.2, 0.25) is 0 Å². The summed E-state index contributed by atoms with van der Waals surface area (Å²) in [5, 5.41) is 3.23. The Bertz CT molecular complexity index is 186. The zero-order valence-corrected chi connectivity index (χ0v) is 6.75. The molecule has 0 aliphatic carbocycles. The van der Waals surface area contributed by atoms with E-state index in [1.807, 2.05) is 6.07 Å². The zero-order chi connectivity index (χ0) is 7.94. The Morgan fingerprint density at radius 1 is 1.36 bits per heavy atom. The lowest BCUT2D eigenvalue weighted by Gasteiger charge is -1.99. The zero-order valence-electron chi connectivity index (χ0n) is 6.75.